The molecule has 0 saturated carbocycles. The maximum absolute atomic E-state index is 12.2. The SMILES string of the molecule is Cc1ccc(C(=O)NC2CCN(C)CC2)c(C)c1. The zero-order valence-corrected chi connectivity index (χ0v) is 11.5. The Balaban J connectivity index is 1.99. The molecule has 0 aromatic heterocycles. The summed E-state index contributed by atoms with van der Waals surface area (Å²) in [5.41, 5.74) is 3.06. The van der Waals surface area contributed by atoms with Gasteiger partial charge in [-0.25, -0.2) is 0 Å². The number of benzene rings is 1. The fraction of sp³-hybridized carbons (Fsp3) is 0.533. The van der Waals surface area contributed by atoms with E-state index >= 15 is 0 Å². The number of carbonyl (C=O) groups excluding carboxylic acids is 1. The lowest BCUT2D eigenvalue weighted by molar-refractivity contribution is 0.0916. The molecule has 0 spiro atoms. The van der Waals surface area contributed by atoms with Crippen LogP contribution in [0.2, 0.25) is 0 Å². The summed E-state index contributed by atoms with van der Waals surface area (Å²) in [6.07, 6.45) is 2.10. The third-order valence-electron chi connectivity index (χ3n) is 3.68. The summed E-state index contributed by atoms with van der Waals surface area (Å²) in [5.74, 6) is 0.0713. The first-order valence-corrected chi connectivity index (χ1v) is 6.63. The molecule has 1 aliphatic rings. The molecule has 0 radical (unpaired) electrons. The highest BCUT2D eigenvalue weighted by Crippen LogP contribution is 2.13. The minimum Gasteiger partial charge on any atom is -0.349 e. The van der Waals surface area contributed by atoms with Crippen molar-refractivity contribution in [3.8, 4) is 0 Å². The Kier molecular flexibility index (Phi) is 4.02. The summed E-state index contributed by atoms with van der Waals surface area (Å²) in [7, 11) is 2.13. The van der Waals surface area contributed by atoms with Crippen molar-refractivity contribution in [2.45, 2.75) is 32.7 Å². The van der Waals surface area contributed by atoms with E-state index in [9.17, 15) is 4.79 Å². The molecule has 1 amide bonds. The summed E-state index contributed by atoms with van der Waals surface area (Å²) in [5, 5.41) is 3.15. The monoisotopic (exact) mass is 246 g/mol. The van der Waals surface area contributed by atoms with Crippen LogP contribution < -0.4 is 5.32 Å². The third kappa shape index (κ3) is 3.10. The highest BCUT2D eigenvalue weighted by atomic mass is 16.1. The second-order valence-electron chi connectivity index (χ2n) is 5.37. The van der Waals surface area contributed by atoms with Gasteiger partial charge in [-0.15, -0.1) is 0 Å². The maximum atomic E-state index is 12.2. The molecule has 1 aliphatic heterocycles. The van der Waals surface area contributed by atoms with E-state index in [0.717, 1.165) is 37.1 Å². The van der Waals surface area contributed by atoms with Gasteiger partial charge in [-0.05, 0) is 58.5 Å². The zero-order valence-electron chi connectivity index (χ0n) is 11.5. The predicted octanol–water partition coefficient (Wildman–Crippen LogP) is 2.13. The molecule has 3 heteroatoms. The van der Waals surface area contributed by atoms with Gasteiger partial charge in [-0.1, -0.05) is 17.7 Å². The van der Waals surface area contributed by atoms with Crippen molar-refractivity contribution >= 4 is 5.91 Å². The number of hydrogen-bond donors (Lipinski definition) is 1. The number of aryl methyl sites for hydroxylation is 2. The predicted molar refractivity (Wildman–Crippen MR) is 73.9 cm³/mol. The van der Waals surface area contributed by atoms with Crippen LogP contribution in [0.3, 0.4) is 0 Å². The average Bonchev–Trinajstić information content (AvgIpc) is 2.32. The second kappa shape index (κ2) is 5.53. The summed E-state index contributed by atoms with van der Waals surface area (Å²) in [6.45, 7) is 6.18. The molecule has 1 N–H and O–H groups in total. The second-order valence-corrected chi connectivity index (χ2v) is 5.37. The first-order valence-electron chi connectivity index (χ1n) is 6.63. The molecule has 1 fully saturated rings. The normalized spacial score (nSPS) is 17.7. The number of nitrogens with one attached hydrogen (secondary N) is 1. The van der Waals surface area contributed by atoms with Crippen LogP contribution in [0.4, 0.5) is 0 Å². The molecule has 18 heavy (non-hydrogen) atoms. The minimum atomic E-state index is 0.0713. The van der Waals surface area contributed by atoms with Gasteiger partial charge in [-0.2, -0.15) is 0 Å². The molecular weight excluding hydrogens is 224 g/mol. The Bertz CT molecular complexity index is 434. The summed E-state index contributed by atoms with van der Waals surface area (Å²) in [4.78, 5) is 14.5. The number of piperidine rings is 1. The van der Waals surface area contributed by atoms with E-state index in [1.807, 2.05) is 26.0 Å². The van der Waals surface area contributed by atoms with Crippen molar-refractivity contribution in [2.24, 2.45) is 0 Å². The largest absolute Gasteiger partial charge is 0.349 e. The molecule has 3 nitrogen and oxygen atoms in total. The smallest absolute Gasteiger partial charge is 0.251 e. The fourth-order valence-electron chi connectivity index (χ4n) is 2.48. The molecule has 1 aromatic carbocycles. The van der Waals surface area contributed by atoms with Crippen molar-refractivity contribution in [1.29, 1.82) is 0 Å². The Morgan fingerprint density at radius 2 is 1.94 bits per heavy atom. The topological polar surface area (TPSA) is 32.3 Å². The van der Waals surface area contributed by atoms with Crippen LogP contribution >= 0.6 is 0 Å². The fourth-order valence-corrected chi connectivity index (χ4v) is 2.48. The molecule has 1 saturated heterocycles. The van der Waals surface area contributed by atoms with Gasteiger partial charge in [0.1, 0.15) is 0 Å². The molecule has 1 aromatic rings. The summed E-state index contributed by atoms with van der Waals surface area (Å²) >= 11 is 0. The minimum absolute atomic E-state index is 0.0713. The number of carbonyl (C=O) groups is 1. The van der Waals surface area contributed by atoms with Gasteiger partial charge in [-0.3, -0.25) is 4.79 Å². The van der Waals surface area contributed by atoms with E-state index in [0.29, 0.717) is 6.04 Å². The van der Waals surface area contributed by atoms with Crippen molar-refractivity contribution in [2.75, 3.05) is 20.1 Å². The van der Waals surface area contributed by atoms with E-state index in [4.69, 9.17) is 0 Å². The van der Waals surface area contributed by atoms with Gasteiger partial charge in [0.15, 0.2) is 0 Å². The third-order valence-corrected chi connectivity index (χ3v) is 3.68. The molecule has 2 rings (SSSR count). The van der Waals surface area contributed by atoms with Crippen molar-refractivity contribution < 1.29 is 4.79 Å². The van der Waals surface area contributed by atoms with Crippen LogP contribution in [0.25, 0.3) is 0 Å². The van der Waals surface area contributed by atoms with E-state index in [1.54, 1.807) is 0 Å². The molecule has 0 aliphatic carbocycles. The summed E-state index contributed by atoms with van der Waals surface area (Å²) in [6, 6.07) is 6.31. The zero-order chi connectivity index (χ0) is 13.1. The van der Waals surface area contributed by atoms with Crippen molar-refractivity contribution in [1.82, 2.24) is 10.2 Å². The molecule has 1 heterocycles. The van der Waals surface area contributed by atoms with Gasteiger partial charge in [0, 0.05) is 11.6 Å². The highest BCUT2D eigenvalue weighted by Gasteiger charge is 2.19. The first kappa shape index (κ1) is 13.1. The van der Waals surface area contributed by atoms with Gasteiger partial charge in [0.25, 0.3) is 5.91 Å². The van der Waals surface area contributed by atoms with Crippen molar-refractivity contribution in [3.63, 3.8) is 0 Å². The standard InChI is InChI=1S/C15H22N2O/c1-11-4-5-14(12(2)10-11)15(18)16-13-6-8-17(3)9-7-13/h4-5,10,13H,6-9H2,1-3H3,(H,16,18). The van der Waals surface area contributed by atoms with E-state index in [-0.39, 0.29) is 5.91 Å². The quantitative estimate of drug-likeness (QED) is 0.867. The Labute approximate surface area is 109 Å². The lowest BCUT2D eigenvalue weighted by Crippen LogP contribution is -2.43. The lowest BCUT2D eigenvalue weighted by atomic mass is 10.0. The van der Waals surface area contributed by atoms with Crippen LogP contribution in [0.5, 0.6) is 0 Å². The van der Waals surface area contributed by atoms with Gasteiger partial charge < -0.3 is 10.2 Å². The lowest BCUT2D eigenvalue weighted by Gasteiger charge is -2.29. The molecule has 98 valence electrons. The van der Waals surface area contributed by atoms with Crippen LogP contribution in [-0.4, -0.2) is 37.0 Å². The summed E-state index contributed by atoms with van der Waals surface area (Å²) < 4.78 is 0. The number of likely N-dealkylation sites (tertiary alicyclic amines) is 1. The number of nitrogens with zero attached hydrogens (tertiary/aromatic N) is 1. The van der Waals surface area contributed by atoms with E-state index in [2.05, 4.69) is 23.3 Å². The number of rotatable bonds is 2. The Hall–Kier alpha value is -1.35. The Morgan fingerprint density at radius 1 is 1.28 bits per heavy atom. The van der Waals surface area contributed by atoms with E-state index in [1.165, 1.54) is 5.56 Å². The molecular formula is C15H22N2O. The van der Waals surface area contributed by atoms with Crippen molar-refractivity contribution in [3.05, 3.63) is 34.9 Å². The van der Waals surface area contributed by atoms with Gasteiger partial charge >= 0.3 is 0 Å². The maximum Gasteiger partial charge on any atom is 0.251 e. The van der Waals surface area contributed by atoms with Crippen LogP contribution in [0.1, 0.15) is 34.3 Å². The molecule has 0 atom stereocenters. The number of amides is 1. The number of hydrogen-bond acceptors (Lipinski definition) is 2. The highest BCUT2D eigenvalue weighted by molar-refractivity contribution is 5.95. The van der Waals surface area contributed by atoms with E-state index < -0.39 is 0 Å². The van der Waals surface area contributed by atoms with Crippen LogP contribution in [0, 0.1) is 13.8 Å². The molecule has 0 unspecified atom stereocenters. The molecule has 0 bridgehead atoms. The average molecular weight is 246 g/mol. The Morgan fingerprint density at radius 3 is 2.56 bits per heavy atom. The first-order chi connectivity index (χ1) is 8.56. The van der Waals surface area contributed by atoms with Gasteiger partial charge in [0.2, 0.25) is 0 Å². The van der Waals surface area contributed by atoms with Crippen LogP contribution in [0.15, 0.2) is 18.2 Å². The van der Waals surface area contributed by atoms with Crippen LogP contribution in [-0.2, 0) is 0 Å². The van der Waals surface area contributed by atoms with Gasteiger partial charge in [0.05, 0.1) is 0 Å².